The van der Waals surface area contributed by atoms with Crippen molar-refractivity contribution in [1.29, 1.82) is 0 Å². The molecule has 0 amide bonds. The number of benzene rings is 4. The number of carbonyl (C=O) groups is 1. The first-order valence-corrected chi connectivity index (χ1v) is 12.4. The molecule has 5 nitrogen and oxygen atoms in total. The second-order valence-corrected chi connectivity index (χ2v) is 9.14. The average Bonchev–Trinajstić information content (AvgIpc) is 2.94. The number of hydrogen-bond donors (Lipinski definition) is 2. The Bertz CT molecular complexity index is 1700. The van der Waals surface area contributed by atoms with E-state index in [-0.39, 0.29) is 5.82 Å². The summed E-state index contributed by atoms with van der Waals surface area (Å²) in [5.74, 6) is -1.82. The van der Waals surface area contributed by atoms with Crippen LogP contribution in [0.5, 0.6) is 0 Å². The van der Waals surface area contributed by atoms with Crippen molar-refractivity contribution in [1.82, 2.24) is 4.98 Å². The lowest BCUT2D eigenvalue weighted by Crippen LogP contribution is -2.26. The molecule has 0 aliphatic carbocycles. The quantitative estimate of drug-likeness (QED) is 0.218. The Morgan fingerprint density at radius 3 is 2.26 bits per heavy atom. The van der Waals surface area contributed by atoms with Gasteiger partial charge in [0.05, 0.1) is 16.9 Å². The number of carboxylic acid groups (broad SMARTS) is 1. The molecule has 5 rings (SSSR count). The van der Waals surface area contributed by atoms with Gasteiger partial charge in [0.25, 0.3) is 0 Å². The van der Waals surface area contributed by atoms with E-state index in [1.165, 1.54) is 25.1 Å². The van der Waals surface area contributed by atoms with Crippen LogP contribution < -0.4 is 5.32 Å². The van der Waals surface area contributed by atoms with Gasteiger partial charge in [-0.05, 0) is 47.9 Å². The van der Waals surface area contributed by atoms with Crippen molar-refractivity contribution >= 4 is 28.8 Å². The number of aliphatic carboxylic acids is 1. The molecule has 1 atom stereocenters. The summed E-state index contributed by atoms with van der Waals surface area (Å²) in [4.78, 5) is 20.5. The molecular weight excluding hydrogens is 496 g/mol. The zero-order valence-corrected chi connectivity index (χ0v) is 21.3. The highest BCUT2D eigenvalue weighted by atomic mass is 19.1. The first kappa shape index (κ1) is 25.7. The molecule has 0 aliphatic heterocycles. The van der Waals surface area contributed by atoms with Gasteiger partial charge in [0.1, 0.15) is 17.7 Å². The van der Waals surface area contributed by atoms with Crippen LogP contribution in [-0.4, -0.2) is 35.4 Å². The van der Waals surface area contributed by atoms with Crippen molar-refractivity contribution in [3.05, 3.63) is 108 Å². The largest absolute Gasteiger partial charge is 0.480 e. The molecule has 7 heteroatoms. The van der Waals surface area contributed by atoms with Gasteiger partial charge in [0.2, 0.25) is 0 Å². The van der Waals surface area contributed by atoms with E-state index in [0.29, 0.717) is 33.4 Å². The van der Waals surface area contributed by atoms with Crippen LogP contribution in [0.2, 0.25) is 0 Å². The van der Waals surface area contributed by atoms with Crippen LogP contribution in [0, 0.1) is 11.6 Å². The minimum atomic E-state index is -1.05. The average molecular weight is 522 g/mol. The van der Waals surface area contributed by atoms with E-state index in [0.717, 1.165) is 22.3 Å². The highest BCUT2D eigenvalue weighted by Crippen LogP contribution is 2.35. The lowest BCUT2D eigenvalue weighted by molar-refractivity contribution is -0.137. The summed E-state index contributed by atoms with van der Waals surface area (Å²) in [6, 6.07) is 25.3. The van der Waals surface area contributed by atoms with Gasteiger partial charge < -0.3 is 10.4 Å². The number of fused-ring (bicyclic) bond motifs is 1. The molecule has 0 spiro atoms. The maximum Gasteiger partial charge on any atom is 0.325 e. The maximum atomic E-state index is 15.0. The summed E-state index contributed by atoms with van der Waals surface area (Å²) in [6.45, 7) is 1.51. The number of aromatic nitrogens is 1. The van der Waals surface area contributed by atoms with E-state index in [2.05, 4.69) is 10.3 Å². The summed E-state index contributed by atoms with van der Waals surface area (Å²) >= 11 is 0. The van der Waals surface area contributed by atoms with Crippen LogP contribution in [0.4, 0.5) is 14.5 Å². The fraction of sp³-hybridized carbons (Fsp3) is 0.0938. The Labute approximate surface area is 224 Å². The first-order valence-electron chi connectivity index (χ1n) is 12.4. The molecule has 2 N–H and O–H groups in total. The van der Waals surface area contributed by atoms with Crippen molar-refractivity contribution in [2.45, 2.75) is 13.0 Å². The lowest BCUT2D eigenvalue weighted by Gasteiger charge is -2.19. The molecule has 194 valence electrons. The van der Waals surface area contributed by atoms with Crippen molar-refractivity contribution in [3.8, 4) is 33.5 Å². The molecule has 0 aliphatic rings. The molecule has 0 radical (unpaired) electrons. The zero-order valence-electron chi connectivity index (χ0n) is 21.3. The molecule has 0 saturated heterocycles. The van der Waals surface area contributed by atoms with Gasteiger partial charge in [0.15, 0.2) is 0 Å². The van der Waals surface area contributed by atoms with E-state index in [1.807, 2.05) is 60.7 Å². The molecular formula is C32H25F2N3O2. The van der Waals surface area contributed by atoms with Crippen LogP contribution in [0.15, 0.2) is 96.0 Å². The number of aliphatic imine (C=N–C) groups is 1. The van der Waals surface area contributed by atoms with E-state index < -0.39 is 17.8 Å². The maximum absolute atomic E-state index is 15.0. The fourth-order valence-corrected chi connectivity index (χ4v) is 4.53. The number of nitrogens with zero attached hydrogens (tertiary/aromatic N) is 2. The zero-order chi connectivity index (χ0) is 27.5. The number of nitrogens with one attached hydrogen (secondary N) is 1. The summed E-state index contributed by atoms with van der Waals surface area (Å²) in [7, 11) is 1.60. The van der Waals surface area contributed by atoms with Crippen molar-refractivity contribution < 1.29 is 18.7 Å². The molecule has 1 aromatic heterocycles. The molecule has 0 fully saturated rings. The summed E-state index contributed by atoms with van der Waals surface area (Å²) in [5, 5.41) is 13.0. The molecule has 1 unspecified atom stereocenters. The predicted octanol–water partition coefficient (Wildman–Crippen LogP) is 7.45. The molecule has 1 heterocycles. The number of pyridine rings is 1. The molecule has 5 aromatic rings. The second-order valence-electron chi connectivity index (χ2n) is 9.14. The van der Waals surface area contributed by atoms with E-state index in [1.54, 1.807) is 25.4 Å². The van der Waals surface area contributed by atoms with Crippen molar-refractivity contribution in [2.24, 2.45) is 4.99 Å². The number of hydrogen-bond acceptors (Lipinski definition) is 4. The van der Waals surface area contributed by atoms with Crippen LogP contribution in [0.25, 0.3) is 44.4 Å². The topological polar surface area (TPSA) is 74.6 Å². The third-order valence-corrected chi connectivity index (χ3v) is 6.52. The molecule has 4 aromatic carbocycles. The smallest absolute Gasteiger partial charge is 0.325 e. The van der Waals surface area contributed by atoms with Gasteiger partial charge >= 0.3 is 5.97 Å². The number of anilines is 1. The lowest BCUT2D eigenvalue weighted by atomic mass is 9.96. The third kappa shape index (κ3) is 5.25. The van der Waals surface area contributed by atoms with Crippen LogP contribution in [-0.2, 0) is 4.79 Å². The van der Waals surface area contributed by atoms with Crippen molar-refractivity contribution in [2.75, 3.05) is 12.4 Å². The Balaban J connectivity index is 1.58. The monoisotopic (exact) mass is 521 g/mol. The van der Waals surface area contributed by atoms with E-state index >= 15 is 0 Å². The predicted molar refractivity (Wildman–Crippen MR) is 152 cm³/mol. The Morgan fingerprint density at radius 1 is 0.897 bits per heavy atom. The SMILES string of the molecule is CN=Cc1c(-c2ccc(-c3ccc(-c4ccccc4)c(F)c3)cc2)nc2ccc(F)cc2c1NC(C)C(=O)O. The first-order chi connectivity index (χ1) is 18.9. The minimum Gasteiger partial charge on any atom is -0.480 e. The third-order valence-electron chi connectivity index (χ3n) is 6.52. The van der Waals surface area contributed by atoms with E-state index in [4.69, 9.17) is 4.98 Å². The van der Waals surface area contributed by atoms with Crippen LogP contribution in [0.1, 0.15) is 12.5 Å². The summed E-state index contributed by atoms with van der Waals surface area (Å²) in [5.41, 5.74) is 5.66. The second kappa shape index (κ2) is 10.8. The standard InChI is InChI=1S/C32H25F2N3O2/c1-19(32(38)39)36-31-26-17-24(33)13-15-29(26)37-30(27(31)18-35-2)22-10-8-20(9-11-22)23-12-14-25(28(34)16-23)21-6-4-3-5-7-21/h3-19H,1-2H3,(H,36,37)(H,38,39). The molecule has 0 bridgehead atoms. The van der Waals surface area contributed by atoms with Gasteiger partial charge in [-0.25, -0.2) is 13.8 Å². The number of halogens is 2. The molecule has 0 saturated carbocycles. The van der Waals surface area contributed by atoms with E-state index in [9.17, 15) is 18.7 Å². The molecule has 39 heavy (non-hydrogen) atoms. The Kier molecular flexibility index (Phi) is 7.14. The summed E-state index contributed by atoms with van der Waals surface area (Å²) < 4.78 is 29.2. The summed E-state index contributed by atoms with van der Waals surface area (Å²) in [6.07, 6.45) is 1.58. The van der Waals surface area contributed by atoms with Gasteiger partial charge in [-0.15, -0.1) is 0 Å². The fourth-order valence-electron chi connectivity index (χ4n) is 4.53. The number of carboxylic acids is 1. The van der Waals surface area contributed by atoms with Gasteiger partial charge in [-0.3, -0.25) is 9.79 Å². The Morgan fingerprint density at radius 2 is 1.59 bits per heavy atom. The van der Waals surface area contributed by atoms with Gasteiger partial charge in [0, 0.05) is 35.3 Å². The van der Waals surface area contributed by atoms with Crippen molar-refractivity contribution in [3.63, 3.8) is 0 Å². The van der Waals surface area contributed by atoms with Gasteiger partial charge in [-0.1, -0.05) is 66.7 Å². The van der Waals surface area contributed by atoms with Crippen LogP contribution in [0.3, 0.4) is 0 Å². The van der Waals surface area contributed by atoms with Gasteiger partial charge in [-0.2, -0.15) is 0 Å². The normalized spacial score (nSPS) is 12.1. The highest BCUT2D eigenvalue weighted by molar-refractivity contribution is 6.07. The Hall–Kier alpha value is -4.91. The van der Waals surface area contributed by atoms with Crippen LogP contribution >= 0.6 is 0 Å². The number of rotatable bonds is 7. The highest BCUT2D eigenvalue weighted by Gasteiger charge is 2.20. The minimum absolute atomic E-state index is 0.309.